The summed E-state index contributed by atoms with van der Waals surface area (Å²) in [4.78, 5) is 11.3. The first-order chi connectivity index (χ1) is 8.14. The monoisotopic (exact) mass is 268 g/mol. The standard InChI is InChI=1S/C13H23F3O2/c1-5-12(3,4)9-7-8-10(13(14,15)16)11(17)18-6-2/h10H,5-9H2,1-4H3. The summed E-state index contributed by atoms with van der Waals surface area (Å²) in [6.45, 7) is 7.52. The lowest BCUT2D eigenvalue weighted by atomic mass is 9.83. The summed E-state index contributed by atoms with van der Waals surface area (Å²) in [6, 6.07) is 0. The van der Waals surface area contributed by atoms with Gasteiger partial charge in [-0.1, -0.05) is 33.6 Å². The molecule has 0 aliphatic carbocycles. The molecule has 1 atom stereocenters. The Morgan fingerprint density at radius 3 is 2.17 bits per heavy atom. The van der Waals surface area contributed by atoms with Crippen LogP contribution in [0.1, 0.15) is 53.4 Å². The number of carbonyl (C=O) groups excluding carboxylic acids is 1. The molecule has 0 aliphatic rings. The number of ether oxygens (including phenoxy) is 1. The fourth-order valence-electron chi connectivity index (χ4n) is 1.62. The van der Waals surface area contributed by atoms with Crippen molar-refractivity contribution < 1.29 is 22.7 Å². The maximum absolute atomic E-state index is 12.7. The molecule has 0 spiro atoms. The molecule has 18 heavy (non-hydrogen) atoms. The number of esters is 1. The van der Waals surface area contributed by atoms with Crippen molar-refractivity contribution in [3.8, 4) is 0 Å². The van der Waals surface area contributed by atoms with E-state index >= 15 is 0 Å². The largest absolute Gasteiger partial charge is 0.466 e. The Morgan fingerprint density at radius 2 is 1.78 bits per heavy atom. The highest BCUT2D eigenvalue weighted by Crippen LogP contribution is 2.34. The van der Waals surface area contributed by atoms with Crippen LogP contribution in [0.4, 0.5) is 13.2 Å². The second-order valence-corrected chi connectivity index (χ2v) is 5.26. The summed E-state index contributed by atoms with van der Waals surface area (Å²) in [5, 5.41) is 0. The average Bonchev–Trinajstić information content (AvgIpc) is 2.23. The molecule has 0 radical (unpaired) electrons. The molecule has 0 aliphatic heterocycles. The third-order valence-corrected chi connectivity index (χ3v) is 3.27. The first-order valence-electron chi connectivity index (χ1n) is 6.37. The van der Waals surface area contributed by atoms with E-state index in [1.54, 1.807) is 0 Å². The zero-order chi connectivity index (χ0) is 14.4. The van der Waals surface area contributed by atoms with Gasteiger partial charge in [0.15, 0.2) is 5.92 Å². The van der Waals surface area contributed by atoms with Crippen molar-refractivity contribution in [1.82, 2.24) is 0 Å². The minimum Gasteiger partial charge on any atom is -0.466 e. The Bertz CT molecular complexity index is 259. The van der Waals surface area contributed by atoms with E-state index in [1.807, 2.05) is 20.8 Å². The summed E-state index contributed by atoms with van der Waals surface area (Å²) in [5.74, 6) is -3.13. The van der Waals surface area contributed by atoms with Gasteiger partial charge >= 0.3 is 12.1 Å². The summed E-state index contributed by atoms with van der Waals surface area (Å²) in [6.07, 6.45) is -2.74. The number of hydrogen-bond donors (Lipinski definition) is 0. The molecule has 108 valence electrons. The van der Waals surface area contributed by atoms with Crippen LogP contribution in [0.25, 0.3) is 0 Å². The van der Waals surface area contributed by atoms with E-state index in [0.717, 1.165) is 6.42 Å². The van der Waals surface area contributed by atoms with Crippen LogP contribution in [-0.2, 0) is 9.53 Å². The molecule has 5 heteroatoms. The molecule has 0 saturated heterocycles. The van der Waals surface area contributed by atoms with Crippen molar-refractivity contribution in [3.05, 3.63) is 0 Å². The van der Waals surface area contributed by atoms with Crippen LogP contribution in [0.5, 0.6) is 0 Å². The second kappa shape index (κ2) is 7.00. The molecule has 0 heterocycles. The molecule has 0 fully saturated rings. The van der Waals surface area contributed by atoms with Gasteiger partial charge in [0.1, 0.15) is 0 Å². The second-order valence-electron chi connectivity index (χ2n) is 5.26. The third-order valence-electron chi connectivity index (χ3n) is 3.27. The molecule has 0 amide bonds. The van der Waals surface area contributed by atoms with Gasteiger partial charge in [0.2, 0.25) is 0 Å². The molecule has 0 aromatic carbocycles. The van der Waals surface area contributed by atoms with E-state index in [-0.39, 0.29) is 18.4 Å². The van der Waals surface area contributed by atoms with Crippen LogP contribution in [-0.4, -0.2) is 18.8 Å². The molecule has 0 aromatic rings. The molecular formula is C13H23F3O2. The topological polar surface area (TPSA) is 26.3 Å². The van der Waals surface area contributed by atoms with Crippen molar-refractivity contribution in [3.63, 3.8) is 0 Å². The quantitative estimate of drug-likeness (QED) is 0.642. The maximum Gasteiger partial charge on any atom is 0.402 e. The van der Waals surface area contributed by atoms with Gasteiger partial charge in [0.25, 0.3) is 0 Å². The van der Waals surface area contributed by atoms with Crippen molar-refractivity contribution in [2.24, 2.45) is 11.3 Å². The van der Waals surface area contributed by atoms with Gasteiger partial charge < -0.3 is 4.74 Å². The molecule has 2 nitrogen and oxygen atoms in total. The Balaban J connectivity index is 4.40. The number of rotatable bonds is 7. The van der Waals surface area contributed by atoms with E-state index in [4.69, 9.17) is 0 Å². The smallest absolute Gasteiger partial charge is 0.402 e. The lowest BCUT2D eigenvalue weighted by molar-refractivity contribution is -0.198. The van der Waals surface area contributed by atoms with Crippen LogP contribution in [0.2, 0.25) is 0 Å². The fourth-order valence-corrected chi connectivity index (χ4v) is 1.62. The summed E-state index contributed by atoms with van der Waals surface area (Å²) in [5.41, 5.74) is 0.0187. The Labute approximate surface area is 107 Å². The lowest BCUT2D eigenvalue weighted by Gasteiger charge is -2.24. The van der Waals surface area contributed by atoms with Gasteiger partial charge in [-0.25, -0.2) is 0 Å². The SMILES string of the molecule is CCOC(=O)C(CCCC(C)(C)CC)C(F)(F)F. The van der Waals surface area contributed by atoms with Crippen LogP contribution < -0.4 is 0 Å². The Kier molecular flexibility index (Phi) is 6.71. The molecule has 0 aromatic heterocycles. The highest BCUT2D eigenvalue weighted by Gasteiger charge is 2.45. The van der Waals surface area contributed by atoms with Crippen LogP contribution in [0.3, 0.4) is 0 Å². The van der Waals surface area contributed by atoms with Crippen molar-refractivity contribution in [2.45, 2.75) is 59.6 Å². The molecule has 0 saturated carbocycles. The van der Waals surface area contributed by atoms with Crippen molar-refractivity contribution in [1.29, 1.82) is 0 Å². The van der Waals surface area contributed by atoms with E-state index in [2.05, 4.69) is 4.74 Å². The first-order valence-corrected chi connectivity index (χ1v) is 6.37. The number of alkyl halides is 3. The maximum atomic E-state index is 12.7. The Morgan fingerprint density at radius 1 is 1.22 bits per heavy atom. The average molecular weight is 268 g/mol. The van der Waals surface area contributed by atoms with E-state index < -0.39 is 18.1 Å². The molecule has 1 unspecified atom stereocenters. The van der Waals surface area contributed by atoms with Crippen LogP contribution >= 0.6 is 0 Å². The molecule has 0 rings (SSSR count). The number of halogens is 3. The molecule has 0 bridgehead atoms. The predicted molar refractivity (Wildman–Crippen MR) is 64.1 cm³/mol. The predicted octanol–water partition coefficient (Wildman–Crippen LogP) is 4.33. The number of carbonyl (C=O) groups is 1. The summed E-state index contributed by atoms with van der Waals surface area (Å²) in [7, 11) is 0. The molecular weight excluding hydrogens is 245 g/mol. The summed E-state index contributed by atoms with van der Waals surface area (Å²) < 4.78 is 42.6. The molecule has 0 N–H and O–H groups in total. The van der Waals surface area contributed by atoms with E-state index in [1.165, 1.54) is 6.92 Å². The minimum absolute atomic E-state index is 0.0187. The zero-order valence-corrected chi connectivity index (χ0v) is 11.6. The van der Waals surface area contributed by atoms with Gasteiger partial charge in [-0.05, 0) is 25.2 Å². The van der Waals surface area contributed by atoms with Gasteiger partial charge in [-0.15, -0.1) is 0 Å². The Hall–Kier alpha value is -0.740. The van der Waals surface area contributed by atoms with E-state index in [0.29, 0.717) is 12.8 Å². The number of hydrogen-bond acceptors (Lipinski definition) is 2. The lowest BCUT2D eigenvalue weighted by Crippen LogP contribution is -2.32. The van der Waals surface area contributed by atoms with Gasteiger partial charge in [0, 0.05) is 0 Å². The zero-order valence-electron chi connectivity index (χ0n) is 11.6. The van der Waals surface area contributed by atoms with Crippen molar-refractivity contribution >= 4 is 5.97 Å². The van der Waals surface area contributed by atoms with E-state index in [9.17, 15) is 18.0 Å². The highest BCUT2D eigenvalue weighted by atomic mass is 19.4. The fraction of sp³-hybridized carbons (Fsp3) is 0.923. The third kappa shape index (κ3) is 6.26. The summed E-state index contributed by atoms with van der Waals surface area (Å²) >= 11 is 0. The first kappa shape index (κ1) is 17.3. The van der Waals surface area contributed by atoms with Crippen molar-refractivity contribution in [2.75, 3.05) is 6.61 Å². The van der Waals surface area contributed by atoms with Crippen LogP contribution in [0, 0.1) is 11.3 Å². The van der Waals surface area contributed by atoms with Gasteiger partial charge in [-0.3, -0.25) is 4.79 Å². The van der Waals surface area contributed by atoms with Gasteiger partial charge in [-0.2, -0.15) is 13.2 Å². The minimum atomic E-state index is -4.51. The normalized spacial score (nSPS) is 14.4. The van der Waals surface area contributed by atoms with Gasteiger partial charge in [0.05, 0.1) is 6.61 Å². The van der Waals surface area contributed by atoms with Crippen LogP contribution in [0.15, 0.2) is 0 Å². The highest BCUT2D eigenvalue weighted by molar-refractivity contribution is 5.73.